The molecule has 0 bridgehead atoms. The van der Waals surface area contributed by atoms with Crippen molar-refractivity contribution in [2.45, 2.75) is 18.9 Å². The molecule has 1 atom stereocenters. The van der Waals surface area contributed by atoms with Crippen LogP contribution in [0.25, 0.3) is 0 Å². The first-order valence-electron chi connectivity index (χ1n) is 8.52. The molecule has 2 N–H and O–H groups in total. The first kappa shape index (κ1) is 17.3. The summed E-state index contributed by atoms with van der Waals surface area (Å²) >= 11 is 0. The smallest absolute Gasteiger partial charge is 0.131 e. The van der Waals surface area contributed by atoms with Crippen molar-refractivity contribution in [3.63, 3.8) is 0 Å². The fourth-order valence-electron chi connectivity index (χ4n) is 2.59. The molecule has 0 spiro atoms. The molecule has 2 aromatic rings. The fourth-order valence-corrected chi connectivity index (χ4v) is 2.59. The Labute approximate surface area is 147 Å². The quantitative estimate of drug-likeness (QED) is 0.677. The van der Waals surface area contributed by atoms with Crippen LogP contribution in [0.3, 0.4) is 0 Å². The Bertz CT molecular complexity index is 645. The summed E-state index contributed by atoms with van der Waals surface area (Å²) in [5.41, 5.74) is 0. The zero-order valence-corrected chi connectivity index (χ0v) is 14.4. The van der Waals surface area contributed by atoms with E-state index in [9.17, 15) is 0 Å². The first-order chi connectivity index (χ1) is 12.3. The maximum absolute atomic E-state index is 5.68. The predicted octanol–water partition coefficient (Wildman–Crippen LogP) is 2.57. The van der Waals surface area contributed by atoms with Crippen LogP contribution in [0.4, 0.5) is 11.6 Å². The van der Waals surface area contributed by atoms with Crippen molar-refractivity contribution in [1.82, 2.24) is 9.97 Å². The molecule has 7 nitrogen and oxygen atoms in total. The van der Waals surface area contributed by atoms with E-state index in [1.807, 2.05) is 30.3 Å². The molecule has 3 rings (SSSR count). The highest BCUT2D eigenvalue weighted by Gasteiger charge is 2.15. The molecule has 1 fully saturated rings. The van der Waals surface area contributed by atoms with Crippen LogP contribution in [-0.2, 0) is 4.74 Å². The molecule has 134 valence electrons. The number of benzene rings is 1. The van der Waals surface area contributed by atoms with Crippen LogP contribution in [0.2, 0.25) is 0 Å². The van der Waals surface area contributed by atoms with Gasteiger partial charge in [-0.2, -0.15) is 0 Å². The second-order valence-corrected chi connectivity index (χ2v) is 5.76. The van der Waals surface area contributed by atoms with Gasteiger partial charge in [-0.3, -0.25) is 0 Å². The summed E-state index contributed by atoms with van der Waals surface area (Å²) < 4.78 is 16.4. The van der Waals surface area contributed by atoms with Crippen LogP contribution in [0, 0.1) is 0 Å². The molecule has 1 aliphatic heterocycles. The van der Waals surface area contributed by atoms with Gasteiger partial charge in [-0.15, -0.1) is 0 Å². The molecule has 1 aromatic carbocycles. The van der Waals surface area contributed by atoms with Crippen LogP contribution in [0.5, 0.6) is 11.5 Å². The van der Waals surface area contributed by atoms with E-state index in [2.05, 4.69) is 20.6 Å². The Morgan fingerprint density at radius 3 is 2.60 bits per heavy atom. The molecule has 1 aliphatic rings. The molecule has 7 heteroatoms. The van der Waals surface area contributed by atoms with Gasteiger partial charge in [0.15, 0.2) is 0 Å². The summed E-state index contributed by atoms with van der Waals surface area (Å²) in [6.07, 6.45) is 4.07. The number of nitrogens with one attached hydrogen (secondary N) is 2. The Morgan fingerprint density at radius 2 is 1.88 bits per heavy atom. The minimum atomic E-state index is 0.282. The molecular weight excluding hydrogens is 320 g/mol. The lowest BCUT2D eigenvalue weighted by Crippen LogP contribution is -2.19. The van der Waals surface area contributed by atoms with Crippen LogP contribution in [0.15, 0.2) is 36.7 Å². The Kier molecular flexibility index (Phi) is 6.28. The lowest BCUT2D eigenvalue weighted by molar-refractivity contribution is 0.120. The SMILES string of the molecule is COc1ccc(OCCNc2cc(NCC3CCCO3)ncn2)cc1. The number of hydrogen-bond donors (Lipinski definition) is 2. The molecule has 0 saturated carbocycles. The van der Waals surface area contributed by atoms with Gasteiger partial charge in [-0.05, 0) is 37.1 Å². The number of hydrogen-bond acceptors (Lipinski definition) is 7. The van der Waals surface area contributed by atoms with E-state index in [1.54, 1.807) is 13.4 Å². The Hall–Kier alpha value is -2.54. The number of ether oxygens (including phenoxy) is 3. The predicted molar refractivity (Wildman–Crippen MR) is 96.5 cm³/mol. The molecular formula is C18H24N4O3. The summed E-state index contributed by atoms with van der Waals surface area (Å²) in [5.74, 6) is 3.19. The van der Waals surface area contributed by atoms with Crippen molar-refractivity contribution in [1.29, 1.82) is 0 Å². The molecule has 1 saturated heterocycles. The standard InChI is InChI=1S/C18H24N4O3/c1-23-14-4-6-15(7-5-14)25-10-8-19-17-11-18(22-13-21-17)20-12-16-3-2-9-24-16/h4-7,11,13,16H,2-3,8-10,12H2,1H3,(H2,19,20,21,22). The van der Waals surface area contributed by atoms with E-state index in [1.165, 1.54) is 0 Å². The summed E-state index contributed by atoms with van der Waals surface area (Å²) in [6, 6.07) is 9.41. The van der Waals surface area contributed by atoms with Gasteiger partial charge >= 0.3 is 0 Å². The van der Waals surface area contributed by atoms with E-state index in [0.29, 0.717) is 13.2 Å². The van der Waals surface area contributed by atoms with Crippen molar-refractivity contribution < 1.29 is 14.2 Å². The van der Waals surface area contributed by atoms with Crippen molar-refractivity contribution in [2.24, 2.45) is 0 Å². The lowest BCUT2D eigenvalue weighted by atomic mass is 10.2. The molecule has 0 aliphatic carbocycles. The summed E-state index contributed by atoms with van der Waals surface area (Å²) in [7, 11) is 1.64. The van der Waals surface area contributed by atoms with E-state index in [-0.39, 0.29) is 6.10 Å². The second kappa shape index (κ2) is 9.08. The maximum atomic E-state index is 5.68. The molecule has 25 heavy (non-hydrogen) atoms. The van der Waals surface area contributed by atoms with Gasteiger partial charge in [0.2, 0.25) is 0 Å². The zero-order valence-electron chi connectivity index (χ0n) is 14.4. The Balaban J connectivity index is 1.39. The average molecular weight is 344 g/mol. The number of rotatable bonds is 9. The maximum Gasteiger partial charge on any atom is 0.131 e. The third-order valence-electron chi connectivity index (χ3n) is 3.94. The van der Waals surface area contributed by atoms with Gasteiger partial charge in [-0.1, -0.05) is 0 Å². The minimum Gasteiger partial charge on any atom is -0.497 e. The van der Waals surface area contributed by atoms with Crippen molar-refractivity contribution in [3.8, 4) is 11.5 Å². The normalized spacial score (nSPS) is 16.4. The fraction of sp³-hybridized carbons (Fsp3) is 0.444. The van der Waals surface area contributed by atoms with E-state index >= 15 is 0 Å². The second-order valence-electron chi connectivity index (χ2n) is 5.76. The highest BCUT2D eigenvalue weighted by Crippen LogP contribution is 2.17. The largest absolute Gasteiger partial charge is 0.497 e. The third kappa shape index (κ3) is 5.49. The van der Waals surface area contributed by atoms with Crippen molar-refractivity contribution in [3.05, 3.63) is 36.7 Å². The van der Waals surface area contributed by atoms with Crippen LogP contribution >= 0.6 is 0 Å². The van der Waals surface area contributed by atoms with Gasteiger partial charge in [0.25, 0.3) is 0 Å². The molecule has 2 heterocycles. The van der Waals surface area contributed by atoms with Gasteiger partial charge in [0.05, 0.1) is 19.8 Å². The van der Waals surface area contributed by atoms with Gasteiger partial charge in [-0.25, -0.2) is 9.97 Å². The summed E-state index contributed by atoms with van der Waals surface area (Å²) in [6.45, 7) is 2.82. The Morgan fingerprint density at radius 1 is 1.12 bits per heavy atom. The number of anilines is 2. The zero-order chi connectivity index (χ0) is 17.3. The average Bonchev–Trinajstić information content (AvgIpc) is 3.18. The van der Waals surface area contributed by atoms with Crippen LogP contribution in [-0.4, -0.2) is 49.5 Å². The van der Waals surface area contributed by atoms with E-state index in [0.717, 1.165) is 49.1 Å². The van der Waals surface area contributed by atoms with E-state index < -0.39 is 0 Å². The molecule has 1 aromatic heterocycles. The number of aromatic nitrogens is 2. The summed E-state index contributed by atoms with van der Waals surface area (Å²) in [4.78, 5) is 8.45. The number of nitrogens with zero attached hydrogens (tertiary/aromatic N) is 2. The molecule has 1 unspecified atom stereocenters. The lowest BCUT2D eigenvalue weighted by Gasteiger charge is -2.12. The van der Waals surface area contributed by atoms with Crippen molar-refractivity contribution in [2.75, 3.05) is 44.0 Å². The third-order valence-corrected chi connectivity index (χ3v) is 3.94. The molecule has 0 radical (unpaired) electrons. The van der Waals surface area contributed by atoms with Crippen LogP contribution < -0.4 is 20.1 Å². The van der Waals surface area contributed by atoms with E-state index in [4.69, 9.17) is 14.2 Å². The highest BCUT2D eigenvalue weighted by molar-refractivity contribution is 5.46. The van der Waals surface area contributed by atoms with Crippen LogP contribution in [0.1, 0.15) is 12.8 Å². The van der Waals surface area contributed by atoms with Gasteiger partial charge < -0.3 is 24.8 Å². The highest BCUT2D eigenvalue weighted by atomic mass is 16.5. The van der Waals surface area contributed by atoms with Gasteiger partial charge in [0.1, 0.15) is 36.1 Å². The van der Waals surface area contributed by atoms with Crippen molar-refractivity contribution >= 4 is 11.6 Å². The first-order valence-corrected chi connectivity index (χ1v) is 8.52. The number of methoxy groups -OCH3 is 1. The topological polar surface area (TPSA) is 77.5 Å². The summed E-state index contributed by atoms with van der Waals surface area (Å²) in [5, 5.41) is 6.53. The monoisotopic (exact) mass is 344 g/mol. The minimum absolute atomic E-state index is 0.282. The molecule has 0 amide bonds. The van der Waals surface area contributed by atoms with Gasteiger partial charge in [0, 0.05) is 19.2 Å².